The van der Waals surface area contributed by atoms with E-state index in [0.717, 1.165) is 5.39 Å². The first kappa shape index (κ1) is 13.4. The Bertz CT molecular complexity index is 740. The van der Waals surface area contributed by atoms with Gasteiger partial charge >= 0.3 is 0 Å². The summed E-state index contributed by atoms with van der Waals surface area (Å²) in [6.45, 7) is 5.33. The zero-order valence-corrected chi connectivity index (χ0v) is 11.4. The van der Waals surface area contributed by atoms with Crippen LogP contribution in [0.5, 0.6) is 0 Å². The van der Waals surface area contributed by atoms with Gasteiger partial charge in [-0.25, -0.2) is 8.42 Å². The highest BCUT2D eigenvalue weighted by Crippen LogP contribution is 2.23. The monoisotopic (exact) mass is 273 g/mol. The van der Waals surface area contributed by atoms with E-state index in [2.05, 4.69) is 11.3 Å². The molecule has 0 saturated heterocycles. The molecule has 4 heteroatoms. The molecular formula is C15H15NO2S. The van der Waals surface area contributed by atoms with Gasteiger partial charge in [-0.1, -0.05) is 49.1 Å². The first-order chi connectivity index (χ1) is 9.08. The molecule has 2 aromatic carbocycles. The summed E-state index contributed by atoms with van der Waals surface area (Å²) in [7, 11) is -3.60. The van der Waals surface area contributed by atoms with Gasteiger partial charge in [-0.15, -0.1) is 0 Å². The fourth-order valence-electron chi connectivity index (χ4n) is 1.86. The van der Waals surface area contributed by atoms with E-state index in [1.807, 2.05) is 24.3 Å². The number of sulfonamides is 1. The highest BCUT2D eigenvalue weighted by atomic mass is 32.2. The minimum Gasteiger partial charge on any atom is -0.280 e. The van der Waals surface area contributed by atoms with E-state index in [0.29, 0.717) is 11.1 Å². The molecule has 0 radical (unpaired) electrons. The number of rotatable bonds is 4. The normalized spacial score (nSPS) is 12.4. The lowest BCUT2D eigenvalue weighted by molar-refractivity contribution is 0.590. The Labute approximate surface area is 113 Å². The van der Waals surface area contributed by atoms with Crippen LogP contribution in [-0.2, 0) is 10.0 Å². The lowest BCUT2D eigenvalue weighted by Gasteiger charge is -2.10. The van der Waals surface area contributed by atoms with E-state index in [9.17, 15) is 8.42 Å². The molecule has 0 aliphatic rings. The van der Waals surface area contributed by atoms with E-state index in [4.69, 9.17) is 0 Å². The largest absolute Gasteiger partial charge is 0.280 e. The third-order valence-electron chi connectivity index (χ3n) is 2.82. The van der Waals surface area contributed by atoms with Gasteiger partial charge in [0.05, 0.1) is 4.90 Å². The number of benzene rings is 2. The highest BCUT2D eigenvalue weighted by Gasteiger charge is 2.16. The lowest BCUT2D eigenvalue weighted by atomic mass is 10.1. The molecule has 2 aromatic rings. The van der Waals surface area contributed by atoms with Crippen molar-refractivity contribution in [2.24, 2.45) is 0 Å². The Morgan fingerprint density at radius 1 is 1.16 bits per heavy atom. The quantitative estimate of drug-likeness (QED) is 0.869. The molecule has 0 spiro atoms. The average molecular weight is 273 g/mol. The van der Waals surface area contributed by atoms with Gasteiger partial charge in [-0.05, 0) is 24.5 Å². The second kappa shape index (κ2) is 5.28. The van der Waals surface area contributed by atoms with Crippen LogP contribution in [0, 0.1) is 0 Å². The summed E-state index contributed by atoms with van der Waals surface area (Å²) < 4.78 is 27.3. The van der Waals surface area contributed by atoms with Crippen LogP contribution in [-0.4, -0.2) is 8.42 Å². The molecule has 0 aliphatic heterocycles. The summed E-state index contributed by atoms with van der Waals surface area (Å²) in [5, 5.41) is 1.60. The van der Waals surface area contributed by atoms with Crippen LogP contribution in [0.2, 0.25) is 0 Å². The minimum absolute atomic E-state index is 0.270. The third kappa shape index (κ3) is 2.69. The van der Waals surface area contributed by atoms with Gasteiger partial charge in [0.25, 0.3) is 10.0 Å². The molecule has 0 unspecified atom stereocenters. The second-order valence-electron chi connectivity index (χ2n) is 4.03. The molecular weight excluding hydrogens is 258 g/mol. The average Bonchev–Trinajstić information content (AvgIpc) is 2.44. The Morgan fingerprint density at radius 3 is 2.53 bits per heavy atom. The Kier molecular flexibility index (Phi) is 3.71. The Morgan fingerprint density at radius 2 is 1.84 bits per heavy atom. The molecule has 1 N–H and O–H groups in total. The summed E-state index contributed by atoms with van der Waals surface area (Å²) in [6, 6.07) is 12.6. The van der Waals surface area contributed by atoms with Crippen molar-refractivity contribution >= 4 is 20.8 Å². The van der Waals surface area contributed by atoms with Gasteiger partial charge in [0.1, 0.15) is 0 Å². The highest BCUT2D eigenvalue weighted by molar-refractivity contribution is 7.89. The molecule has 0 fully saturated rings. The maximum atomic E-state index is 12.4. The summed E-state index contributed by atoms with van der Waals surface area (Å²) >= 11 is 0. The molecule has 19 heavy (non-hydrogen) atoms. The van der Waals surface area contributed by atoms with Crippen LogP contribution in [0.4, 0.5) is 0 Å². The van der Waals surface area contributed by atoms with Crippen LogP contribution >= 0.6 is 0 Å². The molecule has 0 atom stereocenters. The standard InChI is InChI=1S/C15H15NO2S/c1-3-13(4-2)16-19(17,18)15-11-7-9-12-8-5-6-10-14(12)15/h3-11,16H,1H2,2H3/b13-4+. The van der Waals surface area contributed by atoms with Crippen molar-refractivity contribution in [2.45, 2.75) is 11.8 Å². The number of fused-ring (bicyclic) bond motifs is 1. The predicted octanol–water partition coefficient (Wildman–Crippen LogP) is 3.21. The summed E-state index contributed by atoms with van der Waals surface area (Å²) in [6.07, 6.45) is 3.14. The van der Waals surface area contributed by atoms with E-state index in [1.165, 1.54) is 6.08 Å². The van der Waals surface area contributed by atoms with Crippen LogP contribution < -0.4 is 4.72 Å². The van der Waals surface area contributed by atoms with Gasteiger partial charge < -0.3 is 0 Å². The summed E-state index contributed by atoms with van der Waals surface area (Å²) in [5.74, 6) is 0. The molecule has 0 heterocycles. The first-order valence-corrected chi connectivity index (χ1v) is 7.36. The molecule has 0 bridgehead atoms. The number of nitrogens with one attached hydrogen (secondary N) is 1. The molecule has 0 aromatic heterocycles. The van der Waals surface area contributed by atoms with Crippen molar-refractivity contribution in [1.29, 1.82) is 0 Å². The number of hydrogen-bond donors (Lipinski definition) is 1. The van der Waals surface area contributed by atoms with Crippen LogP contribution in [0.15, 0.2) is 71.8 Å². The Balaban J connectivity index is 2.58. The molecule has 2 rings (SSSR count). The van der Waals surface area contributed by atoms with Gasteiger partial charge in [-0.2, -0.15) is 0 Å². The number of hydrogen-bond acceptors (Lipinski definition) is 2. The van der Waals surface area contributed by atoms with Crippen molar-refractivity contribution in [3.8, 4) is 0 Å². The number of allylic oxidation sites excluding steroid dienone is 2. The van der Waals surface area contributed by atoms with E-state index in [-0.39, 0.29) is 4.90 Å². The molecule has 0 amide bonds. The lowest BCUT2D eigenvalue weighted by Crippen LogP contribution is -2.22. The van der Waals surface area contributed by atoms with E-state index in [1.54, 1.807) is 31.2 Å². The Hall–Kier alpha value is -2.07. The van der Waals surface area contributed by atoms with Crippen molar-refractivity contribution in [3.05, 3.63) is 66.9 Å². The van der Waals surface area contributed by atoms with Crippen molar-refractivity contribution < 1.29 is 8.42 Å². The zero-order valence-electron chi connectivity index (χ0n) is 10.6. The molecule has 3 nitrogen and oxygen atoms in total. The maximum Gasteiger partial charge on any atom is 0.262 e. The molecule has 98 valence electrons. The topological polar surface area (TPSA) is 46.2 Å². The van der Waals surface area contributed by atoms with Crippen LogP contribution in [0.25, 0.3) is 10.8 Å². The van der Waals surface area contributed by atoms with Crippen LogP contribution in [0.1, 0.15) is 6.92 Å². The predicted molar refractivity (Wildman–Crippen MR) is 78.2 cm³/mol. The van der Waals surface area contributed by atoms with Gasteiger partial charge in [0, 0.05) is 11.1 Å². The van der Waals surface area contributed by atoms with Crippen LogP contribution in [0.3, 0.4) is 0 Å². The summed E-state index contributed by atoms with van der Waals surface area (Å²) in [4.78, 5) is 0.270. The van der Waals surface area contributed by atoms with Crippen molar-refractivity contribution in [2.75, 3.05) is 0 Å². The third-order valence-corrected chi connectivity index (χ3v) is 4.26. The smallest absolute Gasteiger partial charge is 0.262 e. The minimum atomic E-state index is -3.60. The fourth-order valence-corrected chi connectivity index (χ4v) is 3.21. The maximum absolute atomic E-state index is 12.4. The van der Waals surface area contributed by atoms with Crippen molar-refractivity contribution in [1.82, 2.24) is 4.72 Å². The fraction of sp³-hybridized carbons (Fsp3) is 0.0667. The summed E-state index contributed by atoms with van der Waals surface area (Å²) in [5.41, 5.74) is 0.466. The first-order valence-electron chi connectivity index (χ1n) is 5.88. The van der Waals surface area contributed by atoms with Gasteiger partial charge in [-0.3, -0.25) is 4.72 Å². The van der Waals surface area contributed by atoms with E-state index >= 15 is 0 Å². The van der Waals surface area contributed by atoms with Gasteiger partial charge in [0.15, 0.2) is 0 Å². The molecule has 0 saturated carbocycles. The SMILES string of the molecule is C=C/C(=C\C)NS(=O)(=O)c1cccc2ccccc12. The van der Waals surface area contributed by atoms with Crippen molar-refractivity contribution in [3.63, 3.8) is 0 Å². The zero-order chi connectivity index (χ0) is 13.9. The van der Waals surface area contributed by atoms with Gasteiger partial charge in [0.2, 0.25) is 0 Å². The molecule has 0 aliphatic carbocycles. The van der Waals surface area contributed by atoms with E-state index < -0.39 is 10.0 Å². The second-order valence-corrected chi connectivity index (χ2v) is 5.68.